The lowest BCUT2D eigenvalue weighted by atomic mass is 9.70. The second-order valence-corrected chi connectivity index (χ2v) is 12.5. The number of carbonyl (C=O) groups is 2. The number of rotatable bonds is 8. The predicted molar refractivity (Wildman–Crippen MR) is 143 cm³/mol. The molecule has 6 atom stereocenters. The Balaban J connectivity index is 1.22. The summed E-state index contributed by atoms with van der Waals surface area (Å²) in [7, 11) is 1.42. The van der Waals surface area contributed by atoms with E-state index in [2.05, 4.69) is 20.5 Å². The van der Waals surface area contributed by atoms with Crippen LogP contribution in [0.4, 0.5) is 22.0 Å². The Morgan fingerprint density at radius 3 is 2.40 bits per heavy atom. The second-order valence-electron chi connectivity index (χ2n) is 12.5. The van der Waals surface area contributed by atoms with Crippen molar-refractivity contribution in [2.24, 2.45) is 23.7 Å². The number of pyridine rings is 1. The number of fused-ring (bicyclic) bond motifs is 2. The van der Waals surface area contributed by atoms with Gasteiger partial charge >= 0.3 is 6.18 Å². The van der Waals surface area contributed by atoms with Gasteiger partial charge in [0.2, 0.25) is 11.8 Å². The van der Waals surface area contributed by atoms with Gasteiger partial charge in [-0.1, -0.05) is 0 Å². The van der Waals surface area contributed by atoms with E-state index in [4.69, 9.17) is 4.74 Å². The summed E-state index contributed by atoms with van der Waals surface area (Å²) in [4.78, 5) is 31.7. The number of alkyl halides is 4. The fourth-order valence-corrected chi connectivity index (χ4v) is 7.17. The topological polar surface area (TPSA) is 100 Å². The molecule has 0 spiro atoms. The molecule has 1 amide bonds. The Morgan fingerprint density at radius 1 is 1.10 bits per heavy atom. The average Bonchev–Trinajstić information content (AvgIpc) is 3.49. The molecule has 42 heavy (non-hydrogen) atoms. The van der Waals surface area contributed by atoms with Crippen molar-refractivity contribution in [2.45, 2.75) is 76.3 Å². The van der Waals surface area contributed by atoms with Crippen LogP contribution >= 0.6 is 0 Å². The Labute approximate surface area is 240 Å². The maximum atomic E-state index is 14.4. The van der Waals surface area contributed by atoms with Gasteiger partial charge < -0.3 is 10.1 Å². The van der Waals surface area contributed by atoms with E-state index < -0.39 is 29.7 Å². The van der Waals surface area contributed by atoms with Crippen molar-refractivity contribution in [3.63, 3.8) is 0 Å². The monoisotopic (exact) mass is 597 g/mol. The zero-order chi connectivity index (χ0) is 30.4. The first-order valence-corrected chi connectivity index (χ1v) is 14.3. The Morgan fingerprint density at radius 2 is 1.79 bits per heavy atom. The second kappa shape index (κ2) is 11.5. The fraction of sp³-hybridized carbons (Fsp3) is 0.655. The molecule has 3 heterocycles. The van der Waals surface area contributed by atoms with E-state index in [0.717, 1.165) is 23.9 Å². The van der Waals surface area contributed by atoms with Crippen molar-refractivity contribution < 1.29 is 36.3 Å². The van der Waals surface area contributed by atoms with Crippen molar-refractivity contribution in [1.29, 1.82) is 0 Å². The quantitative estimate of drug-likeness (QED) is 0.324. The maximum absolute atomic E-state index is 14.4. The number of aromatic nitrogens is 3. The van der Waals surface area contributed by atoms with Gasteiger partial charge in [-0.05, 0) is 70.3 Å². The van der Waals surface area contributed by atoms with Crippen LogP contribution in [0.2, 0.25) is 0 Å². The van der Waals surface area contributed by atoms with Gasteiger partial charge in [0.15, 0.2) is 11.6 Å². The lowest BCUT2D eigenvalue weighted by Crippen LogP contribution is -2.59. The Bertz CT molecular complexity index is 1300. The molecule has 5 rings (SSSR count). The molecule has 8 nitrogen and oxygen atoms in total. The third-order valence-electron chi connectivity index (χ3n) is 8.92. The van der Waals surface area contributed by atoms with E-state index in [1.54, 1.807) is 0 Å². The van der Waals surface area contributed by atoms with Crippen molar-refractivity contribution >= 4 is 11.7 Å². The lowest BCUT2D eigenvalue weighted by Gasteiger charge is -2.42. The highest BCUT2D eigenvalue weighted by Gasteiger charge is 2.50. The predicted octanol–water partition coefficient (Wildman–Crippen LogP) is 5.11. The highest BCUT2D eigenvalue weighted by Crippen LogP contribution is 2.50. The van der Waals surface area contributed by atoms with Crippen molar-refractivity contribution in [1.82, 2.24) is 25.4 Å². The van der Waals surface area contributed by atoms with Crippen molar-refractivity contribution in [2.75, 3.05) is 20.2 Å². The molecule has 13 heteroatoms. The summed E-state index contributed by atoms with van der Waals surface area (Å²) >= 11 is 0. The SMILES string of the molecule is COc1cc(-c2cc(C(=O)C3[C@@H]4CC[C@H]3C[C@H](C(=O)NC3CC[C@H](C(F)(F)F)N(CC(C)(C)F)C3)C4)n[nH]2)c(F)cn1. The molecule has 2 aliphatic carbocycles. The molecule has 0 aromatic carbocycles. The standard InChI is InChI=1S/C29H36F5N5O3/c1-28(2,31)14-39-13-18(6-7-23(39)29(32,33)34)36-27(41)17-8-15-4-5-16(9-17)25(15)26(40)22-11-21(37-38-22)19-10-24(42-3)35-12-20(19)30/h10-12,15-18,23,25H,4-9,13-14H2,1-3H3,(H,36,41)(H,37,38)/t15-,16+,17-,18?,23-,25?/m1/s1. The minimum Gasteiger partial charge on any atom is -0.481 e. The minimum atomic E-state index is -4.47. The Kier molecular flexibility index (Phi) is 8.34. The number of hydrogen-bond acceptors (Lipinski definition) is 6. The first kappa shape index (κ1) is 30.4. The van der Waals surface area contributed by atoms with E-state index >= 15 is 0 Å². The normalized spacial score (nSPS) is 28.5. The van der Waals surface area contributed by atoms with E-state index in [-0.39, 0.29) is 78.4 Å². The highest BCUT2D eigenvalue weighted by molar-refractivity contribution is 5.98. The third-order valence-corrected chi connectivity index (χ3v) is 8.92. The smallest absolute Gasteiger partial charge is 0.404 e. The number of nitrogens with zero attached hydrogens (tertiary/aromatic N) is 3. The first-order chi connectivity index (χ1) is 19.7. The molecule has 1 saturated heterocycles. The van der Waals surface area contributed by atoms with Crippen LogP contribution in [-0.4, -0.2) is 75.9 Å². The van der Waals surface area contributed by atoms with Gasteiger partial charge in [-0.25, -0.2) is 13.8 Å². The number of halogens is 5. The van der Waals surface area contributed by atoms with Crippen LogP contribution in [0, 0.1) is 29.5 Å². The maximum Gasteiger partial charge on any atom is 0.404 e. The summed E-state index contributed by atoms with van der Waals surface area (Å²) in [6.45, 7) is 2.04. The van der Waals surface area contributed by atoms with Crippen LogP contribution in [0.3, 0.4) is 0 Å². The molecule has 2 unspecified atom stereocenters. The number of ether oxygens (including phenoxy) is 1. The molecule has 3 aliphatic rings. The van der Waals surface area contributed by atoms with E-state index in [9.17, 15) is 31.5 Å². The molecule has 230 valence electrons. The number of amides is 1. The summed E-state index contributed by atoms with van der Waals surface area (Å²) in [5, 5.41) is 9.82. The first-order valence-electron chi connectivity index (χ1n) is 14.3. The molecule has 1 aliphatic heterocycles. The molecule has 0 radical (unpaired) electrons. The molecule has 3 fully saturated rings. The zero-order valence-electron chi connectivity index (χ0n) is 23.8. The lowest BCUT2D eigenvalue weighted by molar-refractivity contribution is -0.196. The number of H-pyrrole nitrogens is 1. The van der Waals surface area contributed by atoms with E-state index in [0.29, 0.717) is 18.5 Å². The molecule has 2 bridgehead atoms. The molecule has 2 saturated carbocycles. The minimum absolute atomic E-state index is 0.0327. The Hall–Kier alpha value is -3.09. The number of likely N-dealkylation sites (tertiary alicyclic amines) is 1. The van der Waals surface area contributed by atoms with Gasteiger partial charge in [-0.15, -0.1) is 0 Å². The third kappa shape index (κ3) is 6.45. The summed E-state index contributed by atoms with van der Waals surface area (Å²) in [5.74, 6) is -1.48. The number of Topliss-reactive ketones (excluding diaryl/α,β-unsaturated/α-hetero) is 1. The van der Waals surface area contributed by atoms with Crippen LogP contribution in [0.25, 0.3) is 11.3 Å². The van der Waals surface area contributed by atoms with E-state index in [1.807, 2.05) is 0 Å². The molecule has 2 N–H and O–H groups in total. The number of hydrogen-bond donors (Lipinski definition) is 2. The molecule has 2 aromatic heterocycles. The molecular weight excluding hydrogens is 561 g/mol. The fourth-order valence-electron chi connectivity index (χ4n) is 7.17. The number of piperidine rings is 1. The van der Waals surface area contributed by atoms with Gasteiger partial charge in [-0.2, -0.15) is 18.3 Å². The summed E-state index contributed by atoms with van der Waals surface area (Å²) in [6, 6.07) is 0.681. The summed E-state index contributed by atoms with van der Waals surface area (Å²) in [6.07, 6.45) is -0.938. The van der Waals surface area contributed by atoms with Crippen LogP contribution in [0.15, 0.2) is 18.3 Å². The number of carbonyl (C=O) groups excluding carboxylic acids is 2. The molecular formula is C29H36F5N5O3. The van der Waals surface area contributed by atoms with Crippen LogP contribution in [-0.2, 0) is 4.79 Å². The average molecular weight is 598 g/mol. The van der Waals surface area contributed by atoms with Crippen molar-refractivity contribution in [3.05, 3.63) is 29.8 Å². The molecule has 2 aromatic rings. The zero-order valence-corrected chi connectivity index (χ0v) is 23.8. The van der Waals surface area contributed by atoms with Gasteiger partial charge in [0.25, 0.3) is 0 Å². The van der Waals surface area contributed by atoms with E-state index in [1.165, 1.54) is 33.1 Å². The highest BCUT2D eigenvalue weighted by atomic mass is 19.4. The summed E-state index contributed by atoms with van der Waals surface area (Å²) in [5.41, 5.74) is -1.12. The summed E-state index contributed by atoms with van der Waals surface area (Å²) < 4.78 is 74.5. The van der Waals surface area contributed by atoms with Crippen molar-refractivity contribution in [3.8, 4) is 17.1 Å². The number of nitrogens with one attached hydrogen (secondary N) is 2. The van der Waals surface area contributed by atoms with Gasteiger partial charge in [-0.3, -0.25) is 19.6 Å². The van der Waals surface area contributed by atoms with Gasteiger partial charge in [0.05, 0.1) is 19.0 Å². The number of aromatic amines is 1. The van der Waals surface area contributed by atoms with Crippen LogP contribution in [0.5, 0.6) is 5.88 Å². The van der Waals surface area contributed by atoms with Crippen LogP contribution in [0.1, 0.15) is 62.9 Å². The van der Waals surface area contributed by atoms with Gasteiger partial charge in [0, 0.05) is 42.6 Å². The number of ketones is 1. The largest absolute Gasteiger partial charge is 0.481 e. The van der Waals surface area contributed by atoms with Crippen LogP contribution < -0.4 is 10.1 Å². The number of methoxy groups -OCH3 is 1. The van der Waals surface area contributed by atoms with Gasteiger partial charge in [0.1, 0.15) is 17.4 Å².